The van der Waals surface area contributed by atoms with E-state index < -0.39 is 22.0 Å². The Morgan fingerprint density at radius 3 is 2.21 bits per heavy atom. The summed E-state index contributed by atoms with van der Waals surface area (Å²) in [5.74, 6) is 5.52. The van der Waals surface area contributed by atoms with E-state index in [1.54, 1.807) is 31.4 Å². The van der Waals surface area contributed by atoms with Crippen LogP contribution in [0.3, 0.4) is 0 Å². The summed E-state index contributed by atoms with van der Waals surface area (Å²) in [5, 5.41) is 0.420. The van der Waals surface area contributed by atoms with Crippen LogP contribution in [-0.4, -0.2) is 31.8 Å². The number of methoxy groups -OCH3 is 1. The van der Waals surface area contributed by atoms with E-state index in [0.29, 0.717) is 22.8 Å². The van der Waals surface area contributed by atoms with Crippen molar-refractivity contribution in [3.63, 3.8) is 0 Å². The van der Waals surface area contributed by atoms with Gasteiger partial charge in [-0.3, -0.25) is 10.2 Å². The lowest BCUT2D eigenvalue weighted by atomic mass is 10.0. The molecule has 0 spiro atoms. The van der Waals surface area contributed by atoms with Crippen LogP contribution in [0.5, 0.6) is 5.75 Å². The quantitative estimate of drug-likeness (QED) is 0.355. The zero-order valence-corrected chi connectivity index (χ0v) is 18.2. The Balaban J connectivity index is 2.52. The summed E-state index contributed by atoms with van der Waals surface area (Å²) in [6.45, 7) is 3.83. The van der Waals surface area contributed by atoms with Crippen molar-refractivity contribution < 1.29 is 17.9 Å². The maximum absolute atomic E-state index is 13.5. The Bertz CT molecular complexity index is 916. The molecule has 0 aliphatic rings. The first-order chi connectivity index (χ1) is 13.7. The molecular formula is C20H26ClN3O4S. The molecule has 0 saturated carbocycles. The minimum absolute atomic E-state index is 0.000237. The van der Waals surface area contributed by atoms with Crippen LogP contribution in [0.2, 0.25) is 5.02 Å². The third-order valence-corrected chi connectivity index (χ3v) is 6.53. The molecular weight excluding hydrogens is 414 g/mol. The number of halogens is 1. The lowest BCUT2D eigenvalue weighted by molar-refractivity contribution is -0.125. The van der Waals surface area contributed by atoms with Gasteiger partial charge in [0.2, 0.25) is 10.0 Å². The number of nitrogens with zero attached hydrogens (tertiary/aromatic N) is 1. The Labute approximate surface area is 176 Å². The summed E-state index contributed by atoms with van der Waals surface area (Å²) in [4.78, 5) is 12.6. The van der Waals surface area contributed by atoms with Crippen LogP contribution in [0, 0.1) is 5.92 Å². The van der Waals surface area contributed by atoms with Crippen molar-refractivity contribution in [3.8, 4) is 5.75 Å². The van der Waals surface area contributed by atoms with Crippen LogP contribution in [-0.2, 0) is 21.4 Å². The van der Waals surface area contributed by atoms with Crippen molar-refractivity contribution in [1.82, 2.24) is 9.73 Å². The van der Waals surface area contributed by atoms with Gasteiger partial charge >= 0.3 is 0 Å². The lowest BCUT2D eigenvalue weighted by Crippen LogP contribution is -2.51. The highest BCUT2D eigenvalue weighted by molar-refractivity contribution is 7.89. The summed E-state index contributed by atoms with van der Waals surface area (Å²) >= 11 is 5.90. The highest BCUT2D eigenvalue weighted by Crippen LogP contribution is 2.26. The number of ether oxygens (including phenoxy) is 1. The smallest absolute Gasteiger partial charge is 0.252 e. The molecule has 0 aliphatic heterocycles. The normalized spacial score (nSPS) is 12.8. The van der Waals surface area contributed by atoms with E-state index >= 15 is 0 Å². The van der Waals surface area contributed by atoms with E-state index in [0.717, 1.165) is 0 Å². The van der Waals surface area contributed by atoms with Crippen molar-refractivity contribution in [2.24, 2.45) is 11.8 Å². The number of sulfonamides is 1. The second-order valence-electron chi connectivity index (χ2n) is 7.01. The third-order valence-electron chi connectivity index (χ3n) is 4.40. The van der Waals surface area contributed by atoms with Crippen molar-refractivity contribution in [2.75, 3.05) is 7.11 Å². The number of rotatable bonds is 9. The zero-order chi connectivity index (χ0) is 21.6. The third kappa shape index (κ3) is 5.93. The topological polar surface area (TPSA) is 102 Å². The van der Waals surface area contributed by atoms with E-state index in [2.05, 4.69) is 5.43 Å². The molecule has 0 aromatic heterocycles. The molecule has 2 rings (SSSR count). The molecule has 3 N–H and O–H groups in total. The summed E-state index contributed by atoms with van der Waals surface area (Å²) in [6.07, 6.45) is 0.312. The Hall–Kier alpha value is -2.13. The van der Waals surface area contributed by atoms with E-state index in [9.17, 15) is 13.2 Å². The SMILES string of the molecule is COc1ccc(CN([C@H](CC(C)C)C(=O)NN)S(=O)(=O)c2ccc(Cl)cc2)cc1. The number of carbonyl (C=O) groups is 1. The van der Waals surface area contributed by atoms with E-state index in [1.807, 2.05) is 13.8 Å². The van der Waals surface area contributed by atoms with Gasteiger partial charge in [0.1, 0.15) is 11.8 Å². The van der Waals surface area contributed by atoms with Crippen LogP contribution in [0.1, 0.15) is 25.8 Å². The van der Waals surface area contributed by atoms with Crippen LogP contribution in [0.15, 0.2) is 53.4 Å². The van der Waals surface area contributed by atoms with Gasteiger partial charge in [-0.2, -0.15) is 4.31 Å². The summed E-state index contributed by atoms with van der Waals surface area (Å²) in [6, 6.07) is 11.9. The van der Waals surface area contributed by atoms with Gasteiger partial charge in [0.25, 0.3) is 5.91 Å². The molecule has 29 heavy (non-hydrogen) atoms. The van der Waals surface area contributed by atoms with Crippen LogP contribution >= 0.6 is 11.6 Å². The predicted octanol–water partition coefficient (Wildman–Crippen LogP) is 2.94. The monoisotopic (exact) mass is 439 g/mol. The number of nitrogens with two attached hydrogens (primary N) is 1. The molecule has 0 heterocycles. The van der Waals surface area contributed by atoms with Crippen LogP contribution < -0.4 is 16.0 Å². The zero-order valence-electron chi connectivity index (χ0n) is 16.6. The fourth-order valence-electron chi connectivity index (χ4n) is 2.91. The minimum Gasteiger partial charge on any atom is -0.497 e. The standard InChI is InChI=1S/C20H26ClN3O4S/c1-14(2)12-19(20(25)23-22)24(13-15-4-8-17(28-3)9-5-15)29(26,27)18-10-6-16(21)7-11-18/h4-11,14,19H,12-13,22H2,1-3H3,(H,23,25)/t19-/m1/s1. The molecule has 2 aromatic rings. The number of amides is 1. The number of hydrazine groups is 1. The van der Waals surface area contributed by atoms with Crippen molar-refractivity contribution in [3.05, 3.63) is 59.1 Å². The molecule has 0 saturated heterocycles. The molecule has 0 radical (unpaired) electrons. The van der Waals surface area contributed by atoms with Gasteiger partial charge in [-0.15, -0.1) is 0 Å². The predicted molar refractivity (Wildman–Crippen MR) is 113 cm³/mol. The van der Waals surface area contributed by atoms with Crippen molar-refractivity contribution in [2.45, 2.75) is 37.8 Å². The molecule has 1 atom stereocenters. The van der Waals surface area contributed by atoms with E-state index in [-0.39, 0.29) is 17.4 Å². The molecule has 1 amide bonds. The second kappa shape index (κ2) is 10.1. The first kappa shape index (κ1) is 23.2. The second-order valence-corrected chi connectivity index (χ2v) is 9.33. The van der Waals surface area contributed by atoms with Crippen molar-refractivity contribution >= 4 is 27.5 Å². The lowest BCUT2D eigenvalue weighted by Gasteiger charge is -2.31. The van der Waals surface area contributed by atoms with Crippen molar-refractivity contribution in [1.29, 1.82) is 0 Å². The van der Waals surface area contributed by atoms with Crippen LogP contribution in [0.25, 0.3) is 0 Å². The molecule has 0 fully saturated rings. The van der Waals surface area contributed by atoms with E-state index in [1.165, 1.54) is 28.6 Å². The van der Waals surface area contributed by atoms with Gasteiger partial charge in [-0.1, -0.05) is 37.6 Å². The average Bonchev–Trinajstić information content (AvgIpc) is 2.70. The first-order valence-electron chi connectivity index (χ1n) is 9.09. The van der Waals surface area contributed by atoms with Gasteiger partial charge in [0, 0.05) is 11.6 Å². The highest BCUT2D eigenvalue weighted by atomic mass is 35.5. The van der Waals surface area contributed by atoms with Gasteiger partial charge in [-0.25, -0.2) is 14.3 Å². The maximum Gasteiger partial charge on any atom is 0.252 e. The summed E-state index contributed by atoms with van der Waals surface area (Å²) in [7, 11) is -2.45. The summed E-state index contributed by atoms with van der Waals surface area (Å²) < 4.78 is 33.2. The number of benzene rings is 2. The Kier molecular flexibility index (Phi) is 8.04. The van der Waals surface area contributed by atoms with Gasteiger partial charge in [0.05, 0.1) is 12.0 Å². The molecule has 9 heteroatoms. The molecule has 0 bridgehead atoms. The number of hydrogen-bond acceptors (Lipinski definition) is 5. The minimum atomic E-state index is -4.00. The fraction of sp³-hybridized carbons (Fsp3) is 0.350. The van der Waals surface area contributed by atoms with Gasteiger partial charge < -0.3 is 4.74 Å². The van der Waals surface area contributed by atoms with Gasteiger partial charge in [-0.05, 0) is 54.3 Å². The number of nitrogens with one attached hydrogen (secondary N) is 1. The Morgan fingerprint density at radius 2 is 1.72 bits per heavy atom. The molecule has 0 unspecified atom stereocenters. The maximum atomic E-state index is 13.5. The largest absolute Gasteiger partial charge is 0.497 e. The first-order valence-corrected chi connectivity index (χ1v) is 10.9. The molecule has 7 nitrogen and oxygen atoms in total. The number of hydrogen-bond donors (Lipinski definition) is 2. The molecule has 0 aliphatic carbocycles. The average molecular weight is 440 g/mol. The summed E-state index contributed by atoms with van der Waals surface area (Å²) in [5.41, 5.74) is 2.81. The van der Waals surface area contributed by atoms with Crippen LogP contribution in [0.4, 0.5) is 0 Å². The Morgan fingerprint density at radius 1 is 1.14 bits per heavy atom. The van der Waals surface area contributed by atoms with Gasteiger partial charge in [0.15, 0.2) is 0 Å². The van der Waals surface area contributed by atoms with E-state index in [4.69, 9.17) is 22.2 Å². The molecule has 158 valence electrons. The highest BCUT2D eigenvalue weighted by Gasteiger charge is 2.36. The molecule has 2 aromatic carbocycles. The fourth-order valence-corrected chi connectivity index (χ4v) is 4.63. The number of carbonyl (C=O) groups excluding carboxylic acids is 1.